The number of imidazole rings is 1. The van der Waals surface area contributed by atoms with Crippen molar-refractivity contribution in [1.82, 2.24) is 14.3 Å². The zero-order chi connectivity index (χ0) is 11.5. The molecule has 0 aliphatic carbocycles. The number of sulfonamides is 1. The van der Waals surface area contributed by atoms with Gasteiger partial charge in [0.2, 0.25) is 10.0 Å². The molecule has 1 atom stereocenters. The van der Waals surface area contributed by atoms with Crippen LogP contribution in [0.2, 0.25) is 0 Å². The van der Waals surface area contributed by atoms with Gasteiger partial charge in [-0.15, -0.1) is 0 Å². The second kappa shape index (κ2) is 4.73. The topological polar surface area (TPSA) is 84.2 Å². The SMILES string of the molecule is CC(CO)S(=O)(=O)NCc1nccn1C. The molecule has 0 aliphatic heterocycles. The van der Waals surface area contributed by atoms with E-state index in [4.69, 9.17) is 5.11 Å². The summed E-state index contributed by atoms with van der Waals surface area (Å²) < 4.78 is 27.0. The third-order valence-electron chi connectivity index (χ3n) is 2.14. The first-order valence-electron chi connectivity index (χ1n) is 4.53. The van der Waals surface area contributed by atoms with Crippen LogP contribution in [0, 0.1) is 0 Å². The van der Waals surface area contributed by atoms with Gasteiger partial charge >= 0.3 is 0 Å². The molecule has 1 unspecified atom stereocenters. The summed E-state index contributed by atoms with van der Waals surface area (Å²) in [5.41, 5.74) is 0. The summed E-state index contributed by atoms with van der Waals surface area (Å²) >= 11 is 0. The first-order chi connectivity index (χ1) is 6.97. The van der Waals surface area contributed by atoms with E-state index in [9.17, 15) is 8.42 Å². The molecule has 0 aliphatic rings. The number of hydrogen-bond donors (Lipinski definition) is 2. The molecule has 1 heterocycles. The highest BCUT2D eigenvalue weighted by Gasteiger charge is 2.19. The smallest absolute Gasteiger partial charge is 0.216 e. The molecule has 0 bridgehead atoms. The van der Waals surface area contributed by atoms with Gasteiger partial charge in [-0.1, -0.05) is 0 Å². The Bertz CT molecular complexity index is 413. The van der Waals surface area contributed by atoms with Gasteiger partial charge in [-0.2, -0.15) is 0 Å². The molecule has 0 amide bonds. The Labute approximate surface area is 89.0 Å². The van der Waals surface area contributed by atoms with Crippen molar-refractivity contribution in [2.45, 2.75) is 18.7 Å². The maximum atomic E-state index is 11.5. The lowest BCUT2D eigenvalue weighted by Gasteiger charge is -2.10. The third-order valence-corrected chi connectivity index (χ3v) is 3.89. The highest BCUT2D eigenvalue weighted by atomic mass is 32.2. The standard InChI is InChI=1S/C8H15N3O3S/c1-7(6-12)15(13,14)10-5-8-9-3-4-11(8)2/h3-4,7,10,12H,5-6H2,1-2H3. The van der Waals surface area contributed by atoms with Crippen molar-refractivity contribution in [3.05, 3.63) is 18.2 Å². The summed E-state index contributed by atoms with van der Waals surface area (Å²) in [6.45, 7) is 1.19. The zero-order valence-corrected chi connectivity index (χ0v) is 9.53. The maximum Gasteiger partial charge on any atom is 0.216 e. The predicted octanol–water partition coefficient (Wildman–Crippen LogP) is -0.780. The molecule has 86 valence electrons. The Morgan fingerprint density at radius 3 is 2.80 bits per heavy atom. The van der Waals surface area contributed by atoms with E-state index in [1.807, 2.05) is 0 Å². The molecule has 1 aromatic heterocycles. The maximum absolute atomic E-state index is 11.5. The number of aliphatic hydroxyl groups excluding tert-OH is 1. The number of nitrogens with one attached hydrogen (secondary N) is 1. The van der Waals surface area contributed by atoms with Gasteiger partial charge in [0, 0.05) is 19.4 Å². The van der Waals surface area contributed by atoms with Gasteiger partial charge in [-0.3, -0.25) is 0 Å². The molecule has 0 spiro atoms. The van der Waals surface area contributed by atoms with Crippen LogP contribution >= 0.6 is 0 Å². The molecular formula is C8H15N3O3S. The van der Waals surface area contributed by atoms with Gasteiger partial charge in [0.25, 0.3) is 0 Å². The van der Waals surface area contributed by atoms with Crippen molar-refractivity contribution >= 4 is 10.0 Å². The summed E-state index contributed by atoms with van der Waals surface area (Å²) in [6.07, 6.45) is 3.33. The number of aliphatic hydroxyl groups is 1. The first-order valence-corrected chi connectivity index (χ1v) is 6.07. The minimum Gasteiger partial charge on any atom is -0.395 e. The largest absolute Gasteiger partial charge is 0.395 e. The molecule has 0 aromatic carbocycles. The Morgan fingerprint density at radius 1 is 1.67 bits per heavy atom. The molecule has 0 radical (unpaired) electrons. The van der Waals surface area contributed by atoms with Crippen molar-refractivity contribution in [1.29, 1.82) is 0 Å². The molecular weight excluding hydrogens is 218 g/mol. The quantitative estimate of drug-likeness (QED) is 0.699. The van der Waals surface area contributed by atoms with Gasteiger partial charge in [0.05, 0.1) is 18.4 Å². The van der Waals surface area contributed by atoms with E-state index in [0.717, 1.165) is 0 Å². The molecule has 1 aromatic rings. The van der Waals surface area contributed by atoms with Gasteiger partial charge in [-0.25, -0.2) is 18.1 Å². The monoisotopic (exact) mass is 233 g/mol. The average molecular weight is 233 g/mol. The zero-order valence-electron chi connectivity index (χ0n) is 8.71. The third kappa shape index (κ3) is 3.01. The number of aromatic nitrogens is 2. The Kier molecular flexibility index (Phi) is 3.83. The van der Waals surface area contributed by atoms with Crippen LogP contribution in [0.5, 0.6) is 0 Å². The summed E-state index contributed by atoms with van der Waals surface area (Å²) in [5, 5.41) is 7.93. The van der Waals surface area contributed by atoms with Crippen molar-refractivity contribution in [3.8, 4) is 0 Å². The Hall–Kier alpha value is -0.920. The van der Waals surface area contributed by atoms with E-state index in [-0.39, 0.29) is 6.54 Å². The summed E-state index contributed by atoms with van der Waals surface area (Å²) in [4.78, 5) is 3.98. The van der Waals surface area contributed by atoms with Crippen molar-refractivity contribution in [2.24, 2.45) is 7.05 Å². The van der Waals surface area contributed by atoms with Crippen molar-refractivity contribution < 1.29 is 13.5 Å². The lowest BCUT2D eigenvalue weighted by molar-refractivity contribution is 0.294. The van der Waals surface area contributed by atoms with E-state index >= 15 is 0 Å². The molecule has 1 rings (SSSR count). The second-order valence-electron chi connectivity index (χ2n) is 3.31. The molecule has 0 saturated carbocycles. The van der Waals surface area contributed by atoms with Gasteiger partial charge in [-0.05, 0) is 6.92 Å². The van der Waals surface area contributed by atoms with Crippen LogP contribution in [0.1, 0.15) is 12.7 Å². The lowest BCUT2D eigenvalue weighted by atomic mass is 10.5. The first kappa shape index (κ1) is 12.2. The number of rotatable bonds is 5. The highest BCUT2D eigenvalue weighted by Crippen LogP contribution is 1.99. The van der Waals surface area contributed by atoms with Crippen molar-refractivity contribution in [2.75, 3.05) is 6.61 Å². The number of hydrogen-bond acceptors (Lipinski definition) is 4. The molecule has 15 heavy (non-hydrogen) atoms. The fraction of sp³-hybridized carbons (Fsp3) is 0.625. The Morgan fingerprint density at radius 2 is 2.33 bits per heavy atom. The van der Waals surface area contributed by atoms with Crippen LogP contribution in [-0.2, 0) is 23.6 Å². The van der Waals surface area contributed by atoms with E-state index in [0.29, 0.717) is 5.82 Å². The van der Waals surface area contributed by atoms with Crippen LogP contribution < -0.4 is 4.72 Å². The molecule has 0 saturated heterocycles. The number of nitrogens with zero attached hydrogens (tertiary/aromatic N) is 2. The minimum atomic E-state index is -3.46. The van der Waals surface area contributed by atoms with Crippen LogP contribution in [0.25, 0.3) is 0 Å². The van der Waals surface area contributed by atoms with E-state index in [1.54, 1.807) is 24.0 Å². The molecule has 7 heteroatoms. The normalized spacial score (nSPS) is 14.1. The van der Waals surface area contributed by atoms with Crippen LogP contribution in [0.15, 0.2) is 12.4 Å². The average Bonchev–Trinajstić information content (AvgIpc) is 2.60. The van der Waals surface area contributed by atoms with Gasteiger partial charge in [0.15, 0.2) is 0 Å². The molecule has 2 N–H and O–H groups in total. The fourth-order valence-corrected chi connectivity index (χ4v) is 1.78. The molecule has 6 nitrogen and oxygen atoms in total. The summed E-state index contributed by atoms with van der Waals surface area (Å²) in [6, 6.07) is 0. The summed E-state index contributed by atoms with van der Waals surface area (Å²) in [5.74, 6) is 0.628. The highest BCUT2D eigenvalue weighted by molar-refractivity contribution is 7.90. The van der Waals surface area contributed by atoms with Crippen LogP contribution in [0.4, 0.5) is 0 Å². The van der Waals surface area contributed by atoms with E-state index < -0.39 is 21.9 Å². The fourth-order valence-electron chi connectivity index (χ4n) is 0.972. The summed E-state index contributed by atoms with van der Waals surface area (Å²) in [7, 11) is -1.67. The Balaban J connectivity index is 2.62. The lowest BCUT2D eigenvalue weighted by Crippen LogP contribution is -2.34. The minimum absolute atomic E-state index is 0.135. The van der Waals surface area contributed by atoms with Gasteiger partial charge < -0.3 is 9.67 Å². The van der Waals surface area contributed by atoms with Crippen LogP contribution in [0.3, 0.4) is 0 Å². The van der Waals surface area contributed by atoms with Gasteiger partial charge in [0.1, 0.15) is 5.82 Å². The van der Waals surface area contributed by atoms with E-state index in [1.165, 1.54) is 6.92 Å². The van der Waals surface area contributed by atoms with E-state index in [2.05, 4.69) is 9.71 Å². The number of aryl methyl sites for hydroxylation is 1. The second-order valence-corrected chi connectivity index (χ2v) is 5.50. The van der Waals surface area contributed by atoms with Crippen LogP contribution in [-0.4, -0.2) is 34.9 Å². The predicted molar refractivity (Wildman–Crippen MR) is 55.5 cm³/mol. The van der Waals surface area contributed by atoms with Crippen molar-refractivity contribution in [3.63, 3.8) is 0 Å². The molecule has 0 fully saturated rings.